The van der Waals surface area contributed by atoms with E-state index >= 15 is 0 Å². The van der Waals surface area contributed by atoms with Crippen molar-refractivity contribution in [3.63, 3.8) is 0 Å². The normalized spacial score (nSPS) is 18.4. The van der Waals surface area contributed by atoms with Crippen molar-refractivity contribution >= 4 is 27.6 Å². The highest BCUT2D eigenvalue weighted by atomic mass is 32.2. The largest absolute Gasteiger partial charge is 0.343 e. The Labute approximate surface area is 146 Å². The summed E-state index contributed by atoms with van der Waals surface area (Å²) in [6, 6.07) is 5.21. The number of benzene rings is 1. The van der Waals surface area contributed by atoms with E-state index in [1.165, 1.54) is 0 Å². The van der Waals surface area contributed by atoms with Crippen molar-refractivity contribution < 1.29 is 22.8 Å². The fourth-order valence-electron chi connectivity index (χ4n) is 2.42. The molecule has 1 aliphatic heterocycles. The van der Waals surface area contributed by atoms with Gasteiger partial charge in [0.25, 0.3) is 11.8 Å². The van der Waals surface area contributed by atoms with Gasteiger partial charge in [-0.15, -0.1) is 0 Å². The highest BCUT2D eigenvalue weighted by molar-refractivity contribution is 7.91. The van der Waals surface area contributed by atoms with E-state index in [0.29, 0.717) is 5.56 Å². The summed E-state index contributed by atoms with van der Waals surface area (Å²) in [5, 5.41) is 2.45. The zero-order valence-electron chi connectivity index (χ0n) is 14.1. The van der Waals surface area contributed by atoms with E-state index in [-0.39, 0.29) is 24.5 Å². The molecule has 1 fully saturated rings. The lowest BCUT2D eigenvalue weighted by Gasteiger charge is -2.11. The highest BCUT2D eigenvalue weighted by Crippen LogP contribution is 2.17. The van der Waals surface area contributed by atoms with Crippen LogP contribution in [-0.4, -0.2) is 44.2 Å². The first-order valence-electron chi connectivity index (χ1n) is 7.82. The van der Waals surface area contributed by atoms with Crippen LogP contribution in [-0.2, 0) is 19.4 Å². The minimum absolute atomic E-state index is 0.0228. The van der Waals surface area contributed by atoms with E-state index in [9.17, 15) is 22.8 Å². The van der Waals surface area contributed by atoms with Crippen LogP contribution in [0.25, 0.3) is 0 Å². The Morgan fingerprint density at radius 1 is 1.12 bits per heavy atom. The molecule has 0 saturated carbocycles. The summed E-state index contributed by atoms with van der Waals surface area (Å²) in [4.78, 5) is 35.5. The van der Waals surface area contributed by atoms with Crippen molar-refractivity contribution in [1.82, 2.24) is 16.2 Å². The van der Waals surface area contributed by atoms with Crippen molar-refractivity contribution in [2.75, 3.05) is 18.1 Å². The molecular formula is C16H21N3O5S. The molecule has 9 heteroatoms. The Morgan fingerprint density at radius 2 is 1.84 bits per heavy atom. The topological polar surface area (TPSA) is 121 Å². The summed E-state index contributed by atoms with van der Waals surface area (Å²) >= 11 is 0. The van der Waals surface area contributed by atoms with Gasteiger partial charge in [0.15, 0.2) is 9.84 Å². The van der Waals surface area contributed by atoms with E-state index in [4.69, 9.17) is 0 Å². The zero-order chi connectivity index (χ0) is 18.6. The van der Waals surface area contributed by atoms with Gasteiger partial charge in [0.1, 0.15) is 0 Å². The second kappa shape index (κ2) is 7.64. The lowest BCUT2D eigenvalue weighted by Crippen LogP contribution is -2.48. The lowest BCUT2D eigenvalue weighted by atomic mass is 10.1. The molecule has 0 aliphatic carbocycles. The van der Waals surface area contributed by atoms with Crippen molar-refractivity contribution in [2.24, 2.45) is 5.92 Å². The molecule has 3 N–H and O–H groups in total. The van der Waals surface area contributed by atoms with Crippen LogP contribution in [0.2, 0.25) is 0 Å². The Bertz CT molecular complexity index is 804. The van der Waals surface area contributed by atoms with Crippen molar-refractivity contribution in [3.05, 3.63) is 34.9 Å². The fraction of sp³-hybridized carbons (Fsp3) is 0.438. The molecule has 0 aromatic heterocycles. The van der Waals surface area contributed by atoms with E-state index in [1.807, 2.05) is 19.9 Å². The van der Waals surface area contributed by atoms with Gasteiger partial charge in [-0.3, -0.25) is 25.2 Å². The van der Waals surface area contributed by atoms with E-state index in [0.717, 1.165) is 11.1 Å². The van der Waals surface area contributed by atoms with Gasteiger partial charge < -0.3 is 5.32 Å². The first kappa shape index (κ1) is 18.9. The van der Waals surface area contributed by atoms with Gasteiger partial charge in [0, 0.05) is 5.56 Å². The Kier molecular flexibility index (Phi) is 5.78. The average Bonchev–Trinajstić information content (AvgIpc) is 2.93. The standard InChI is InChI=1S/C16H21N3O5S/c1-10-3-4-12(7-11(10)2)15(21)17-8-14(20)18-19-16(22)13-5-6-25(23,24)9-13/h3-4,7,13H,5-6,8-9H2,1-2H3,(H,17,21)(H,18,20)(H,19,22)/t13-/m1/s1. The van der Waals surface area contributed by atoms with Crippen LogP contribution in [0.3, 0.4) is 0 Å². The lowest BCUT2D eigenvalue weighted by molar-refractivity contribution is -0.130. The van der Waals surface area contributed by atoms with Crippen LogP contribution < -0.4 is 16.2 Å². The number of carbonyl (C=O) groups excluding carboxylic acids is 3. The van der Waals surface area contributed by atoms with E-state index in [2.05, 4.69) is 16.2 Å². The number of carbonyl (C=O) groups is 3. The van der Waals surface area contributed by atoms with Gasteiger partial charge in [0.2, 0.25) is 5.91 Å². The molecule has 0 bridgehead atoms. The molecular weight excluding hydrogens is 346 g/mol. The van der Waals surface area contributed by atoms with Crippen molar-refractivity contribution in [1.29, 1.82) is 0 Å². The SMILES string of the molecule is Cc1ccc(C(=O)NCC(=O)NNC(=O)[C@@H]2CCS(=O)(=O)C2)cc1C. The zero-order valence-corrected chi connectivity index (χ0v) is 14.9. The van der Waals surface area contributed by atoms with Crippen LogP contribution >= 0.6 is 0 Å². The van der Waals surface area contributed by atoms with Gasteiger partial charge in [-0.1, -0.05) is 6.07 Å². The molecule has 0 spiro atoms. The van der Waals surface area contributed by atoms with E-state index in [1.54, 1.807) is 12.1 Å². The molecule has 1 heterocycles. The van der Waals surface area contributed by atoms with Crippen LogP contribution in [0.5, 0.6) is 0 Å². The Morgan fingerprint density at radius 3 is 2.44 bits per heavy atom. The molecule has 136 valence electrons. The quantitative estimate of drug-likeness (QED) is 0.626. The minimum atomic E-state index is -3.17. The van der Waals surface area contributed by atoms with Crippen molar-refractivity contribution in [3.8, 4) is 0 Å². The van der Waals surface area contributed by atoms with Gasteiger partial charge in [-0.05, 0) is 43.5 Å². The summed E-state index contributed by atoms with van der Waals surface area (Å²) < 4.78 is 22.7. The number of rotatable bonds is 4. The van der Waals surface area contributed by atoms with Crippen LogP contribution in [0.4, 0.5) is 0 Å². The first-order chi connectivity index (χ1) is 11.7. The molecule has 0 radical (unpaired) electrons. The molecule has 2 rings (SSSR count). The third-order valence-corrected chi connectivity index (χ3v) is 5.87. The summed E-state index contributed by atoms with van der Waals surface area (Å²) in [5.41, 5.74) is 6.82. The number of hydrogen-bond acceptors (Lipinski definition) is 5. The van der Waals surface area contributed by atoms with Crippen molar-refractivity contribution in [2.45, 2.75) is 20.3 Å². The Balaban J connectivity index is 1.76. The van der Waals surface area contributed by atoms with Crippen LogP contribution in [0.1, 0.15) is 27.9 Å². The maximum absolute atomic E-state index is 12.0. The fourth-order valence-corrected chi connectivity index (χ4v) is 4.17. The van der Waals surface area contributed by atoms with E-state index < -0.39 is 33.5 Å². The van der Waals surface area contributed by atoms with Gasteiger partial charge in [-0.25, -0.2) is 8.42 Å². The molecule has 1 saturated heterocycles. The number of sulfone groups is 1. The summed E-state index contributed by atoms with van der Waals surface area (Å²) in [5.74, 6) is -2.44. The number of hydrogen-bond donors (Lipinski definition) is 3. The molecule has 3 amide bonds. The molecule has 1 aromatic rings. The molecule has 1 aliphatic rings. The molecule has 1 atom stereocenters. The summed E-state index contributed by atoms with van der Waals surface area (Å²) in [7, 11) is -3.17. The summed E-state index contributed by atoms with van der Waals surface area (Å²) in [6.45, 7) is 3.51. The molecule has 1 aromatic carbocycles. The number of amides is 3. The number of aryl methyl sites for hydroxylation is 2. The number of nitrogens with one attached hydrogen (secondary N) is 3. The predicted molar refractivity (Wildman–Crippen MR) is 91.3 cm³/mol. The molecule has 8 nitrogen and oxygen atoms in total. The third-order valence-electron chi connectivity index (χ3n) is 4.11. The third kappa shape index (κ3) is 5.28. The smallest absolute Gasteiger partial charge is 0.257 e. The summed E-state index contributed by atoms with van der Waals surface area (Å²) in [6.07, 6.45) is 0.244. The maximum atomic E-state index is 12.0. The first-order valence-corrected chi connectivity index (χ1v) is 9.64. The minimum Gasteiger partial charge on any atom is -0.343 e. The van der Waals surface area contributed by atoms with Gasteiger partial charge in [0.05, 0.1) is 24.0 Å². The highest BCUT2D eigenvalue weighted by Gasteiger charge is 2.33. The number of hydrazine groups is 1. The predicted octanol–water partition coefficient (Wildman–Crippen LogP) is -0.385. The second-order valence-electron chi connectivity index (χ2n) is 6.12. The molecule has 0 unspecified atom stereocenters. The van der Waals surface area contributed by atoms with Crippen LogP contribution in [0.15, 0.2) is 18.2 Å². The van der Waals surface area contributed by atoms with Gasteiger partial charge >= 0.3 is 0 Å². The van der Waals surface area contributed by atoms with Crippen LogP contribution in [0, 0.1) is 19.8 Å². The van der Waals surface area contributed by atoms with Gasteiger partial charge in [-0.2, -0.15) is 0 Å². The maximum Gasteiger partial charge on any atom is 0.257 e. The second-order valence-corrected chi connectivity index (χ2v) is 8.35. The molecule has 25 heavy (non-hydrogen) atoms. The average molecular weight is 367 g/mol. The Hall–Kier alpha value is -2.42. The monoisotopic (exact) mass is 367 g/mol.